The minimum absolute atomic E-state index is 0.192. The van der Waals surface area contributed by atoms with E-state index in [-0.39, 0.29) is 5.82 Å². The molecule has 0 aromatic heterocycles. The third kappa shape index (κ3) is 5.46. The van der Waals surface area contributed by atoms with Crippen molar-refractivity contribution in [2.24, 2.45) is 5.92 Å². The summed E-state index contributed by atoms with van der Waals surface area (Å²) in [5, 5.41) is 3.34. The Labute approximate surface area is 111 Å². The van der Waals surface area contributed by atoms with E-state index >= 15 is 0 Å². The molecule has 0 spiro atoms. The molecular weight excluding hydrogens is 281 g/mol. The second kappa shape index (κ2) is 6.92. The molecule has 0 saturated heterocycles. The summed E-state index contributed by atoms with van der Waals surface area (Å²) in [7, 11) is 0. The highest BCUT2D eigenvalue weighted by molar-refractivity contribution is 9.10. The van der Waals surface area contributed by atoms with Crippen molar-refractivity contribution in [2.75, 3.05) is 13.1 Å². The maximum absolute atomic E-state index is 13.6. The van der Waals surface area contributed by atoms with Gasteiger partial charge in [-0.15, -0.1) is 0 Å². The van der Waals surface area contributed by atoms with Crippen LogP contribution >= 0.6 is 15.9 Å². The topological polar surface area (TPSA) is 12.0 Å². The molecule has 17 heavy (non-hydrogen) atoms. The zero-order valence-electron chi connectivity index (χ0n) is 10.6. The smallest absolute Gasteiger partial charge is 0.131 e. The SMILES string of the molecule is CC(=Cc1ccc(Br)cc1F)CNCC(C)C. The zero-order valence-corrected chi connectivity index (χ0v) is 12.1. The van der Waals surface area contributed by atoms with E-state index < -0.39 is 0 Å². The van der Waals surface area contributed by atoms with Crippen LogP contribution in [0.25, 0.3) is 6.08 Å². The van der Waals surface area contributed by atoms with Crippen LogP contribution in [0.4, 0.5) is 4.39 Å². The summed E-state index contributed by atoms with van der Waals surface area (Å²) in [6.45, 7) is 8.12. The summed E-state index contributed by atoms with van der Waals surface area (Å²) in [4.78, 5) is 0. The molecule has 0 radical (unpaired) electrons. The molecule has 1 nitrogen and oxygen atoms in total. The average Bonchev–Trinajstić information content (AvgIpc) is 2.21. The Hall–Kier alpha value is -0.670. The van der Waals surface area contributed by atoms with Crippen LogP contribution in [-0.4, -0.2) is 13.1 Å². The van der Waals surface area contributed by atoms with Crippen molar-refractivity contribution in [2.45, 2.75) is 20.8 Å². The van der Waals surface area contributed by atoms with E-state index in [1.165, 1.54) is 6.07 Å². The van der Waals surface area contributed by atoms with Gasteiger partial charge in [0.2, 0.25) is 0 Å². The lowest BCUT2D eigenvalue weighted by Crippen LogP contribution is -2.21. The Morgan fingerprint density at radius 2 is 2.18 bits per heavy atom. The van der Waals surface area contributed by atoms with Gasteiger partial charge >= 0.3 is 0 Å². The first-order chi connectivity index (χ1) is 7.99. The first kappa shape index (κ1) is 14.4. The highest BCUT2D eigenvalue weighted by Gasteiger charge is 2.00. The van der Waals surface area contributed by atoms with Gasteiger partial charge in [-0.25, -0.2) is 4.39 Å². The first-order valence-electron chi connectivity index (χ1n) is 5.82. The summed E-state index contributed by atoms with van der Waals surface area (Å²) in [6, 6.07) is 5.12. The predicted octanol–water partition coefficient (Wildman–Crippen LogP) is 4.24. The lowest BCUT2D eigenvalue weighted by Gasteiger charge is -2.08. The molecule has 0 bridgehead atoms. The molecule has 1 aromatic rings. The van der Waals surface area contributed by atoms with Crippen LogP contribution in [0.2, 0.25) is 0 Å². The van der Waals surface area contributed by atoms with Gasteiger partial charge in [0.1, 0.15) is 5.82 Å². The second-order valence-corrected chi connectivity index (χ2v) is 5.60. The maximum atomic E-state index is 13.6. The summed E-state index contributed by atoms with van der Waals surface area (Å²) in [5.41, 5.74) is 1.77. The molecule has 0 unspecified atom stereocenters. The molecular formula is C14H19BrFN. The molecule has 0 saturated carbocycles. The fourth-order valence-electron chi connectivity index (χ4n) is 1.49. The standard InChI is InChI=1S/C14H19BrFN/c1-10(2)8-17-9-11(3)6-12-4-5-13(15)7-14(12)16/h4-7,10,17H,8-9H2,1-3H3. The Bertz CT molecular complexity index is 399. The van der Waals surface area contributed by atoms with Crippen LogP contribution in [0.15, 0.2) is 28.2 Å². The Morgan fingerprint density at radius 3 is 2.76 bits per heavy atom. The van der Waals surface area contributed by atoms with Gasteiger partial charge in [0.25, 0.3) is 0 Å². The predicted molar refractivity (Wildman–Crippen MR) is 75.5 cm³/mol. The summed E-state index contributed by atoms with van der Waals surface area (Å²) in [6.07, 6.45) is 1.88. The van der Waals surface area contributed by atoms with Gasteiger partial charge in [0.05, 0.1) is 0 Å². The molecule has 0 fully saturated rings. The molecule has 1 rings (SSSR count). The molecule has 1 aromatic carbocycles. The number of hydrogen-bond acceptors (Lipinski definition) is 1. The summed E-state index contributed by atoms with van der Waals surface area (Å²) < 4.78 is 14.3. The third-order valence-electron chi connectivity index (χ3n) is 2.32. The molecule has 0 aliphatic rings. The van der Waals surface area contributed by atoms with Crippen LogP contribution in [0.5, 0.6) is 0 Å². The van der Waals surface area contributed by atoms with Crippen molar-refractivity contribution in [3.8, 4) is 0 Å². The Morgan fingerprint density at radius 1 is 1.47 bits per heavy atom. The van der Waals surface area contributed by atoms with Crippen LogP contribution in [0, 0.1) is 11.7 Å². The summed E-state index contributed by atoms with van der Waals surface area (Å²) in [5.74, 6) is 0.440. The van der Waals surface area contributed by atoms with Crippen LogP contribution in [-0.2, 0) is 0 Å². The number of benzene rings is 1. The molecule has 1 N–H and O–H groups in total. The van der Waals surface area contributed by atoms with Crippen molar-refractivity contribution in [3.05, 3.63) is 39.6 Å². The quantitative estimate of drug-likeness (QED) is 0.857. The van der Waals surface area contributed by atoms with Crippen molar-refractivity contribution in [1.29, 1.82) is 0 Å². The molecule has 94 valence electrons. The highest BCUT2D eigenvalue weighted by Crippen LogP contribution is 2.17. The van der Waals surface area contributed by atoms with Crippen molar-refractivity contribution in [1.82, 2.24) is 5.32 Å². The number of rotatable bonds is 5. The first-order valence-corrected chi connectivity index (χ1v) is 6.61. The van der Waals surface area contributed by atoms with E-state index in [9.17, 15) is 4.39 Å². The van der Waals surface area contributed by atoms with Gasteiger partial charge in [0, 0.05) is 16.6 Å². The highest BCUT2D eigenvalue weighted by atomic mass is 79.9. The number of hydrogen-bond donors (Lipinski definition) is 1. The Kier molecular flexibility index (Phi) is 5.86. The molecule has 0 amide bonds. The largest absolute Gasteiger partial charge is 0.313 e. The fraction of sp³-hybridized carbons (Fsp3) is 0.429. The van der Waals surface area contributed by atoms with E-state index in [4.69, 9.17) is 0 Å². The monoisotopic (exact) mass is 299 g/mol. The van der Waals surface area contributed by atoms with Crippen LogP contribution < -0.4 is 5.32 Å². The third-order valence-corrected chi connectivity index (χ3v) is 2.81. The minimum Gasteiger partial charge on any atom is -0.313 e. The van der Waals surface area contributed by atoms with Crippen molar-refractivity contribution in [3.63, 3.8) is 0 Å². The second-order valence-electron chi connectivity index (χ2n) is 4.68. The van der Waals surface area contributed by atoms with E-state index in [2.05, 4.69) is 35.1 Å². The lowest BCUT2D eigenvalue weighted by atomic mass is 10.1. The fourth-order valence-corrected chi connectivity index (χ4v) is 1.83. The van der Waals surface area contributed by atoms with Gasteiger partial charge in [-0.05, 0) is 31.5 Å². The molecule has 0 atom stereocenters. The zero-order chi connectivity index (χ0) is 12.8. The van der Waals surface area contributed by atoms with Gasteiger partial charge in [-0.2, -0.15) is 0 Å². The van der Waals surface area contributed by atoms with Crippen LogP contribution in [0.1, 0.15) is 26.3 Å². The lowest BCUT2D eigenvalue weighted by molar-refractivity contribution is 0.572. The molecule has 0 aliphatic carbocycles. The minimum atomic E-state index is -0.192. The van der Waals surface area contributed by atoms with E-state index in [0.29, 0.717) is 11.5 Å². The van der Waals surface area contributed by atoms with Crippen molar-refractivity contribution < 1.29 is 4.39 Å². The average molecular weight is 300 g/mol. The normalized spacial score (nSPS) is 12.2. The molecule has 0 heterocycles. The van der Waals surface area contributed by atoms with Gasteiger partial charge < -0.3 is 5.32 Å². The van der Waals surface area contributed by atoms with Gasteiger partial charge in [0.15, 0.2) is 0 Å². The van der Waals surface area contributed by atoms with Gasteiger partial charge in [-0.1, -0.05) is 47.5 Å². The van der Waals surface area contributed by atoms with Crippen LogP contribution in [0.3, 0.4) is 0 Å². The van der Waals surface area contributed by atoms with E-state index in [0.717, 1.165) is 23.1 Å². The van der Waals surface area contributed by atoms with Gasteiger partial charge in [-0.3, -0.25) is 0 Å². The van der Waals surface area contributed by atoms with E-state index in [1.54, 1.807) is 6.07 Å². The Balaban J connectivity index is 2.61. The maximum Gasteiger partial charge on any atom is 0.131 e. The summed E-state index contributed by atoms with van der Waals surface area (Å²) >= 11 is 3.25. The van der Waals surface area contributed by atoms with E-state index in [1.807, 2.05) is 19.1 Å². The molecule has 0 aliphatic heterocycles. The molecule has 3 heteroatoms. The number of nitrogens with one attached hydrogen (secondary N) is 1. The number of halogens is 2. The van der Waals surface area contributed by atoms with Crippen molar-refractivity contribution >= 4 is 22.0 Å².